The molecule has 0 heterocycles. The van der Waals surface area contributed by atoms with Crippen LogP contribution in [0.3, 0.4) is 0 Å². The van der Waals surface area contributed by atoms with Crippen molar-refractivity contribution in [1.82, 2.24) is 0 Å². The molecule has 0 amide bonds. The second-order valence-electron chi connectivity index (χ2n) is 15.6. The van der Waals surface area contributed by atoms with E-state index in [0.717, 1.165) is 24.2 Å². The first kappa shape index (κ1) is 35.6. The fourth-order valence-corrected chi connectivity index (χ4v) is 9.20. The highest BCUT2D eigenvalue weighted by atomic mass is 14.4. The van der Waals surface area contributed by atoms with E-state index in [1.165, 1.54) is 126 Å². The van der Waals surface area contributed by atoms with Gasteiger partial charge in [0.1, 0.15) is 0 Å². The normalized spacial score (nSPS) is 24.6. The van der Waals surface area contributed by atoms with Crippen LogP contribution in [0.15, 0.2) is 65.8 Å². The molecular weight excluding hydrogens is 540 g/mol. The molecule has 1 saturated carbocycles. The maximum atomic E-state index is 5.93. The molecule has 0 spiro atoms. The minimum Gasteiger partial charge on any atom is -0.119 e. The molecule has 0 bridgehead atoms. The molecule has 0 saturated heterocycles. The van der Waals surface area contributed by atoms with Gasteiger partial charge in [0.25, 0.3) is 0 Å². The van der Waals surface area contributed by atoms with Crippen LogP contribution >= 0.6 is 0 Å². The van der Waals surface area contributed by atoms with Crippen LogP contribution < -0.4 is 0 Å². The average Bonchev–Trinajstić information content (AvgIpc) is 3.00. The van der Waals surface area contributed by atoms with E-state index in [4.69, 9.17) is 6.42 Å². The van der Waals surface area contributed by atoms with Crippen molar-refractivity contribution in [3.8, 4) is 12.3 Å². The summed E-state index contributed by atoms with van der Waals surface area (Å²) in [6.45, 7) is 15.6. The highest BCUT2D eigenvalue weighted by molar-refractivity contribution is 5.40. The first-order valence-corrected chi connectivity index (χ1v) is 19.0. The first-order valence-electron chi connectivity index (χ1n) is 19.0. The van der Waals surface area contributed by atoms with Crippen molar-refractivity contribution in [2.24, 2.45) is 29.1 Å². The molecular formula is C45H66. The van der Waals surface area contributed by atoms with Crippen LogP contribution in [0, 0.1) is 48.4 Å². The van der Waals surface area contributed by atoms with Gasteiger partial charge in [0, 0.05) is 5.92 Å². The Morgan fingerprint density at radius 3 is 2.56 bits per heavy atom. The number of unbranched alkanes of at least 4 members (excludes halogenated alkanes) is 4. The monoisotopic (exact) mass is 607 g/mol. The summed E-state index contributed by atoms with van der Waals surface area (Å²) in [5, 5.41) is 0. The molecule has 1 aromatic carbocycles. The molecule has 0 radical (unpaired) electrons. The smallest absolute Gasteiger partial charge is 0.0472 e. The van der Waals surface area contributed by atoms with Crippen molar-refractivity contribution >= 4 is 0 Å². The highest BCUT2D eigenvalue weighted by Gasteiger charge is 2.38. The molecule has 45 heavy (non-hydrogen) atoms. The average molecular weight is 607 g/mol. The Morgan fingerprint density at radius 1 is 1.04 bits per heavy atom. The summed E-state index contributed by atoms with van der Waals surface area (Å²) in [7, 11) is 0. The molecule has 1 fully saturated rings. The zero-order chi connectivity index (χ0) is 32.2. The second kappa shape index (κ2) is 17.6. The topological polar surface area (TPSA) is 0 Å². The van der Waals surface area contributed by atoms with Gasteiger partial charge in [0.05, 0.1) is 0 Å². The highest BCUT2D eigenvalue weighted by Crippen LogP contribution is 2.52. The quantitative estimate of drug-likeness (QED) is 0.0886. The Bertz CT molecular complexity index is 1230. The number of aryl methyl sites for hydroxylation is 2. The minimum absolute atomic E-state index is 0.200. The molecule has 3 aliphatic carbocycles. The van der Waals surface area contributed by atoms with Crippen LogP contribution in [0.5, 0.6) is 0 Å². The molecule has 4 rings (SSSR count). The number of hydrogen-bond donors (Lipinski definition) is 0. The van der Waals surface area contributed by atoms with Crippen LogP contribution in [-0.2, 0) is 6.42 Å². The Morgan fingerprint density at radius 2 is 1.87 bits per heavy atom. The Kier molecular flexibility index (Phi) is 13.9. The Labute approximate surface area is 279 Å². The summed E-state index contributed by atoms with van der Waals surface area (Å²) in [4.78, 5) is 0. The van der Waals surface area contributed by atoms with Gasteiger partial charge in [-0.3, -0.25) is 0 Å². The van der Waals surface area contributed by atoms with Gasteiger partial charge in [0.15, 0.2) is 0 Å². The molecule has 1 aromatic rings. The lowest BCUT2D eigenvalue weighted by Gasteiger charge is -2.43. The number of terminal acetylenes is 1. The van der Waals surface area contributed by atoms with Gasteiger partial charge in [-0.05, 0) is 149 Å². The van der Waals surface area contributed by atoms with Crippen molar-refractivity contribution in [3.63, 3.8) is 0 Å². The lowest BCUT2D eigenvalue weighted by atomic mass is 9.62. The molecule has 1 unspecified atom stereocenters. The molecule has 0 heteroatoms. The zero-order valence-corrected chi connectivity index (χ0v) is 29.9. The summed E-state index contributed by atoms with van der Waals surface area (Å²) in [5.74, 6) is 6.36. The van der Waals surface area contributed by atoms with E-state index in [9.17, 15) is 0 Å². The predicted octanol–water partition coefficient (Wildman–Crippen LogP) is 13.4. The van der Waals surface area contributed by atoms with Gasteiger partial charge in [-0.15, -0.1) is 13.0 Å². The fraction of sp³-hybridized carbons (Fsp3) is 0.644. The van der Waals surface area contributed by atoms with E-state index < -0.39 is 0 Å². The summed E-state index contributed by atoms with van der Waals surface area (Å²) in [6.07, 6.45) is 39.8. The first-order chi connectivity index (χ1) is 21.8. The third-order valence-electron chi connectivity index (χ3n) is 12.1. The molecule has 0 nitrogen and oxygen atoms in total. The maximum Gasteiger partial charge on any atom is 0.0472 e. The van der Waals surface area contributed by atoms with Crippen LogP contribution in [-0.4, -0.2) is 0 Å². The minimum atomic E-state index is 0.200. The third kappa shape index (κ3) is 9.40. The van der Waals surface area contributed by atoms with E-state index in [0.29, 0.717) is 11.3 Å². The van der Waals surface area contributed by atoms with Crippen LogP contribution in [0.25, 0.3) is 0 Å². The fourth-order valence-electron chi connectivity index (χ4n) is 9.20. The number of rotatable bonds is 18. The van der Waals surface area contributed by atoms with Gasteiger partial charge in [-0.25, -0.2) is 0 Å². The Balaban J connectivity index is 1.44. The molecule has 0 N–H and O–H groups in total. The van der Waals surface area contributed by atoms with Crippen molar-refractivity contribution in [2.45, 2.75) is 156 Å². The lowest BCUT2D eigenvalue weighted by Crippen LogP contribution is -2.32. The van der Waals surface area contributed by atoms with Gasteiger partial charge in [0.2, 0.25) is 0 Å². The molecule has 246 valence electrons. The summed E-state index contributed by atoms with van der Waals surface area (Å²) in [6, 6.07) is 7.09. The van der Waals surface area contributed by atoms with Crippen molar-refractivity contribution < 1.29 is 0 Å². The van der Waals surface area contributed by atoms with Gasteiger partial charge < -0.3 is 0 Å². The third-order valence-corrected chi connectivity index (χ3v) is 12.1. The van der Waals surface area contributed by atoms with Crippen LogP contribution in [0.1, 0.15) is 159 Å². The number of benzene rings is 1. The van der Waals surface area contributed by atoms with E-state index in [1.54, 1.807) is 16.7 Å². The van der Waals surface area contributed by atoms with E-state index in [1.807, 2.05) is 0 Å². The van der Waals surface area contributed by atoms with Crippen LogP contribution in [0.4, 0.5) is 0 Å². The maximum absolute atomic E-state index is 5.93. The summed E-state index contributed by atoms with van der Waals surface area (Å²) >= 11 is 0. The second-order valence-corrected chi connectivity index (χ2v) is 15.6. The van der Waals surface area contributed by atoms with Crippen LogP contribution in [0.2, 0.25) is 0 Å². The number of allylic oxidation sites excluding steroid dienone is 7. The SMILES string of the molecule is C#CC(c1ccc(CC[C@@]2(CC=CC[C@@H]3CC[C@H]3[C@H](CC=C)CCCCCCC)CCCC3=C2CCC(C)=C3)c(C)c1)C(C)C. The Hall–Kier alpha value is -2.26. The molecule has 3 aliphatic rings. The van der Waals surface area contributed by atoms with E-state index in [2.05, 4.69) is 89.6 Å². The van der Waals surface area contributed by atoms with Gasteiger partial charge in [-0.2, -0.15) is 0 Å². The summed E-state index contributed by atoms with van der Waals surface area (Å²) in [5.41, 5.74) is 9.62. The number of hydrogen-bond acceptors (Lipinski definition) is 0. The van der Waals surface area contributed by atoms with Crippen molar-refractivity contribution in [2.75, 3.05) is 0 Å². The predicted molar refractivity (Wildman–Crippen MR) is 198 cm³/mol. The molecule has 5 atom stereocenters. The largest absolute Gasteiger partial charge is 0.119 e. The summed E-state index contributed by atoms with van der Waals surface area (Å²) < 4.78 is 0. The standard InChI is InChI=1S/C45H66/c1-8-11-12-13-14-19-38(18-9-2)43-26-25-39(43)20-15-16-29-45(30-17-21-41-32-35(6)22-27-44(41)45)31-28-37-23-24-40(33-36(37)7)42(10-3)34(4)5/h3,9,15-16,23-24,32-34,38-39,42-43H,2,8,11-14,17-22,25-31H2,1,4-7H3/t38-,39-,42?,43+,45-/m1/s1. The van der Waals surface area contributed by atoms with E-state index >= 15 is 0 Å². The van der Waals surface area contributed by atoms with Gasteiger partial charge >= 0.3 is 0 Å². The van der Waals surface area contributed by atoms with E-state index in [-0.39, 0.29) is 5.92 Å². The molecule has 0 aliphatic heterocycles. The molecule has 0 aromatic heterocycles. The zero-order valence-electron chi connectivity index (χ0n) is 29.9. The van der Waals surface area contributed by atoms with Crippen molar-refractivity contribution in [1.29, 1.82) is 0 Å². The van der Waals surface area contributed by atoms with Gasteiger partial charge in [-0.1, -0.05) is 112 Å². The van der Waals surface area contributed by atoms with Crippen molar-refractivity contribution in [3.05, 3.63) is 82.5 Å². The lowest BCUT2D eigenvalue weighted by molar-refractivity contribution is 0.0989.